The van der Waals surface area contributed by atoms with Gasteiger partial charge in [-0.15, -0.1) is 0 Å². The summed E-state index contributed by atoms with van der Waals surface area (Å²) in [4.78, 5) is 13.2. The molecule has 0 radical (unpaired) electrons. The van der Waals surface area contributed by atoms with E-state index in [1.807, 2.05) is 48.5 Å². The number of nitrogens with zero attached hydrogens (tertiary/aromatic N) is 1. The Morgan fingerprint density at radius 3 is 1.96 bits per heavy atom. The first-order valence-corrected chi connectivity index (χ1v) is 9.16. The summed E-state index contributed by atoms with van der Waals surface area (Å²) in [5, 5.41) is 0. The summed E-state index contributed by atoms with van der Waals surface area (Å²) in [5.41, 5.74) is 1.97. The largest absolute Gasteiger partial charge is 1.00 e. The number of quaternary nitrogens is 1. The van der Waals surface area contributed by atoms with Crippen molar-refractivity contribution in [2.75, 3.05) is 26.7 Å². The molecule has 1 atom stereocenters. The van der Waals surface area contributed by atoms with Gasteiger partial charge in [0.1, 0.15) is 0 Å². The first kappa shape index (κ1) is 20.1. The third-order valence-corrected chi connectivity index (χ3v) is 5.35. The first-order chi connectivity index (χ1) is 11.7. The van der Waals surface area contributed by atoms with Gasteiger partial charge >= 0.3 is 0 Å². The number of hydrogen-bond acceptors (Lipinski definition) is 1. The molecule has 2 nitrogen and oxygen atoms in total. The van der Waals surface area contributed by atoms with Gasteiger partial charge < -0.3 is 28.5 Å². The van der Waals surface area contributed by atoms with Gasteiger partial charge in [-0.25, -0.2) is 0 Å². The molecule has 1 fully saturated rings. The van der Waals surface area contributed by atoms with Crippen molar-refractivity contribution in [1.29, 1.82) is 0 Å². The number of hydrogen-bond donors (Lipinski definition) is 0. The Bertz CT molecular complexity index is 648. The predicted molar refractivity (Wildman–Crippen MR) is 99.2 cm³/mol. The Morgan fingerprint density at radius 2 is 1.40 bits per heavy atom. The van der Waals surface area contributed by atoms with Crippen LogP contribution in [-0.4, -0.2) is 36.9 Å². The SMILES string of the molecule is C[N+]1(CC(C(=O)c2ccccc2)c2ccccc2)CCCCCC1.[I-]. The molecule has 0 aliphatic carbocycles. The summed E-state index contributed by atoms with van der Waals surface area (Å²) in [7, 11) is 2.33. The van der Waals surface area contributed by atoms with Gasteiger partial charge in [0.15, 0.2) is 5.78 Å². The van der Waals surface area contributed by atoms with Gasteiger partial charge in [-0.3, -0.25) is 4.79 Å². The summed E-state index contributed by atoms with van der Waals surface area (Å²) >= 11 is 0. The van der Waals surface area contributed by atoms with Gasteiger partial charge in [-0.05, 0) is 31.2 Å². The lowest BCUT2D eigenvalue weighted by molar-refractivity contribution is -0.909. The number of Topliss-reactive ketones (excluding diaryl/α,β-unsaturated/α-hetero) is 1. The van der Waals surface area contributed by atoms with E-state index < -0.39 is 0 Å². The molecule has 0 aromatic heterocycles. The van der Waals surface area contributed by atoms with Crippen LogP contribution in [0.15, 0.2) is 60.7 Å². The van der Waals surface area contributed by atoms with Crippen LogP contribution in [0.4, 0.5) is 0 Å². The lowest BCUT2D eigenvalue weighted by atomic mass is 9.89. The average Bonchev–Trinajstić information content (AvgIpc) is 2.85. The third kappa shape index (κ3) is 5.38. The van der Waals surface area contributed by atoms with Crippen LogP contribution in [0.2, 0.25) is 0 Å². The maximum absolute atomic E-state index is 13.2. The van der Waals surface area contributed by atoms with Crippen LogP contribution >= 0.6 is 0 Å². The number of halogens is 1. The zero-order chi connectivity index (χ0) is 16.8. The van der Waals surface area contributed by atoms with Gasteiger partial charge in [0.05, 0.1) is 32.6 Å². The number of carbonyl (C=O) groups is 1. The van der Waals surface area contributed by atoms with Crippen LogP contribution in [0.3, 0.4) is 0 Å². The molecule has 0 amide bonds. The molecular formula is C22H28INO. The predicted octanol–water partition coefficient (Wildman–Crippen LogP) is 1.68. The van der Waals surface area contributed by atoms with Crippen molar-refractivity contribution in [3.63, 3.8) is 0 Å². The van der Waals surface area contributed by atoms with Crippen molar-refractivity contribution in [2.45, 2.75) is 31.6 Å². The monoisotopic (exact) mass is 449 g/mol. The Labute approximate surface area is 168 Å². The number of benzene rings is 2. The second kappa shape index (κ2) is 9.48. The van der Waals surface area contributed by atoms with Gasteiger partial charge in [-0.2, -0.15) is 0 Å². The molecular weight excluding hydrogens is 421 g/mol. The third-order valence-electron chi connectivity index (χ3n) is 5.35. The Hall–Kier alpha value is -1.20. The van der Waals surface area contributed by atoms with Crippen LogP contribution in [0.1, 0.15) is 47.5 Å². The Balaban J connectivity index is 0.00000225. The lowest BCUT2D eigenvalue weighted by Gasteiger charge is -2.36. The number of carbonyl (C=O) groups excluding carboxylic acids is 1. The average molecular weight is 449 g/mol. The van der Waals surface area contributed by atoms with E-state index in [0.29, 0.717) is 0 Å². The van der Waals surface area contributed by atoms with Crippen LogP contribution in [0, 0.1) is 0 Å². The highest BCUT2D eigenvalue weighted by molar-refractivity contribution is 6.01. The first-order valence-electron chi connectivity index (χ1n) is 9.16. The van der Waals surface area contributed by atoms with Gasteiger partial charge in [-0.1, -0.05) is 60.7 Å². The second-order valence-corrected chi connectivity index (χ2v) is 7.36. The summed E-state index contributed by atoms with van der Waals surface area (Å²) in [6.45, 7) is 3.27. The maximum atomic E-state index is 13.2. The maximum Gasteiger partial charge on any atom is 0.175 e. The summed E-state index contributed by atoms with van der Waals surface area (Å²) < 4.78 is 1.01. The zero-order valence-electron chi connectivity index (χ0n) is 15.0. The van der Waals surface area contributed by atoms with Crippen LogP contribution in [0.5, 0.6) is 0 Å². The topological polar surface area (TPSA) is 17.1 Å². The van der Waals surface area contributed by atoms with Crippen molar-refractivity contribution in [3.8, 4) is 0 Å². The molecule has 1 aliphatic rings. The molecule has 3 heteroatoms. The van der Waals surface area contributed by atoms with Crippen LogP contribution < -0.4 is 24.0 Å². The van der Waals surface area contributed by atoms with Gasteiger partial charge in [0.25, 0.3) is 0 Å². The Morgan fingerprint density at radius 1 is 0.880 bits per heavy atom. The molecule has 2 aromatic carbocycles. The fourth-order valence-corrected chi connectivity index (χ4v) is 3.90. The molecule has 1 saturated heterocycles. The van der Waals surface area contributed by atoms with E-state index in [1.54, 1.807) is 0 Å². The van der Waals surface area contributed by atoms with Crippen molar-refractivity contribution in [3.05, 3.63) is 71.8 Å². The molecule has 0 spiro atoms. The summed E-state index contributed by atoms with van der Waals surface area (Å²) in [6, 6.07) is 20.1. The van der Waals surface area contributed by atoms with Crippen molar-refractivity contribution in [2.24, 2.45) is 0 Å². The van der Waals surface area contributed by atoms with E-state index >= 15 is 0 Å². The van der Waals surface area contributed by atoms with E-state index in [1.165, 1.54) is 38.8 Å². The lowest BCUT2D eigenvalue weighted by Crippen LogP contribution is -3.00. The number of likely N-dealkylation sites (N-methyl/N-ethyl adjacent to an activating group) is 1. The highest BCUT2D eigenvalue weighted by Gasteiger charge is 2.32. The fraction of sp³-hybridized carbons (Fsp3) is 0.409. The second-order valence-electron chi connectivity index (χ2n) is 7.36. The van der Waals surface area contributed by atoms with E-state index in [2.05, 4.69) is 19.2 Å². The molecule has 0 N–H and O–H groups in total. The molecule has 3 rings (SSSR count). The minimum atomic E-state index is -0.0586. The van der Waals surface area contributed by atoms with Crippen LogP contribution in [0.25, 0.3) is 0 Å². The van der Waals surface area contributed by atoms with Crippen molar-refractivity contribution in [1.82, 2.24) is 0 Å². The normalized spacial score (nSPS) is 17.8. The standard InChI is InChI=1S/C22H28NO.HI/c1-23(16-10-2-3-11-17-23)18-21(19-12-6-4-7-13-19)22(24)20-14-8-5-9-15-20;/h4-9,12-15,21H,2-3,10-11,16-18H2,1H3;1H/q+1;/p-1. The molecule has 0 saturated carbocycles. The van der Waals surface area contributed by atoms with Gasteiger partial charge in [0.2, 0.25) is 0 Å². The molecule has 1 heterocycles. The minimum absolute atomic E-state index is 0. The fourth-order valence-electron chi connectivity index (χ4n) is 3.90. The van der Waals surface area contributed by atoms with Gasteiger partial charge in [0, 0.05) is 5.56 Å². The van der Waals surface area contributed by atoms with E-state index in [4.69, 9.17) is 0 Å². The molecule has 0 bridgehead atoms. The zero-order valence-corrected chi connectivity index (χ0v) is 17.2. The highest BCUT2D eigenvalue weighted by atomic mass is 127. The van der Waals surface area contributed by atoms with Crippen LogP contribution in [-0.2, 0) is 0 Å². The molecule has 25 heavy (non-hydrogen) atoms. The van der Waals surface area contributed by atoms with E-state index in [0.717, 1.165) is 22.2 Å². The van der Waals surface area contributed by atoms with E-state index in [9.17, 15) is 4.79 Å². The smallest absolute Gasteiger partial charge is 0.175 e. The quantitative estimate of drug-likeness (QED) is 0.386. The van der Waals surface area contributed by atoms with Crippen molar-refractivity contribution >= 4 is 5.78 Å². The molecule has 1 aliphatic heterocycles. The summed E-state index contributed by atoms with van der Waals surface area (Å²) in [5.74, 6) is 0.196. The van der Waals surface area contributed by atoms with Crippen molar-refractivity contribution < 1.29 is 33.3 Å². The summed E-state index contributed by atoms with van der Waals surface area (Å²) in [6.07, 6.45) is 5.21. The molecule has 1 unspecified atom stereocenters. The highest BCUT2D eigenvalue weighted by Crippen LogP contribution is 2.27. The Kier molecular flexibility index (Phi) is 7.63. The number of likely N-dealkylation sites (tertiary alicyclic amines) is 1. The number of rotatable bonds is 5. The molecule has 134 valence electrons. The number of ketones is 1. The minimum Gasteiger partial charge on any atom is -1.00 e. The molecule has 2 aromatic rings. The van der Waals surface area contributed by atoms with E-state index in [-0.39, 0.29) is 35.7 Å².